The van der Waals surface area contributed by atoms with E-state index in [0.717, 1.165) is 12.2 Å². The van der Waals surface area contributed by atoms with Crippen molar-refractivity contribution in [1.82, 2.24) is 4.90 Å². The Morgan fingerprint density at radius 2 is 2.14 bits per heavy atom. The standard InChI is InChI=1S/C16H21NO4/c1-16(10-17(2)15(18)21-16)12-6-7-13(19-3)14(8-12)20-9-11-4-5-11/h6-8,11H,4-5,9-10H2,1-3H3. The van der Waals surface area contributed by atoms with Gasteiger partial charge in [-0.25, -0.2) is 4.79 Å². The van der Waals surface area contributed by atoms with E-state index in [4.69, 9.17) is 14.2 Å². The lowest BCUT2D eigenvalue weighted by Gasteiger charge is -2.23. The summed E-state index contributed by atoms with van der Waals surface area (Å²) in [4.78, 5) is 13.2. The molecule has 114 valence electrons. The summed E-state index contributed by atoms with van der Waals surface area (Å²) in [6, 6.07) is 5.72. The fourth-order valence-electron chi connectivity index (χ4n) is 2.58. The Morgan fingerprint density at radius 1 is 1.38 bits per heavy atom. The van der Waals surface area contributed by atoms with Crippen molar-refractivity contribution in [2.24, 2.45) is 5.92 Å². The zero-order valence-corrected chi connectivity index (χ0v) is 12.7. The molecule has 1 aliphatic heterocycles. The van der Waals surface area contributed by atoms with Gasteiger partial charge in [0, 0.05) is 12.6 Å². The maximum absolute atomic E-state index is 11.6. The third-order valence-electron chi connectivity index (χ3n) is 4.11. The van der Waals surface area contributed by atoms with E-state index >= 15 is 0 Å². The number of hydrogen-bond donors (Lipinski definition) is 0. The van der Waals surface area contributed by atoms with Crippen LogP contribution in [0.15, 0.2) is 18.2 Å². The fourth-order valence-corrected chi connectivity index (χ4v) is 2.58. The van der Waals surface area contributed by atoms with Gasteiger partial charge in [-0.15, -0.1) is 0 Å². The van der Waals surface area contributed by atoms with Crippen molar-refractivity contribution in [3.8, 4) is 11.5 Å². The molecule has 2 aliphatic rings. The second-order valence-corrected chi connectivity index (χ2v) is 6.07. The van der Waals surface area contributed by atoms with Crippen LogP contribution in [0, 0.1) is 5.92 Å². The normalized spacial score (nSPS) is 24.9. The average molecular weight is 291 g/mol. The molecule has 2 fully saturated rings. The molecule has 1 heterocycles. The van der Waals surface area contributed by atoms with E-state index in [-0.39, 0.29) is 6.09 Å². The van der Waals surface area contributed by atoms with Crippen LogP contribution in [0.3, 0.4) is 0 Å². The van der Waals surface area contributed by atoms with E-state index in [1.54, 1.807) is 19.1 Å². The van der Waals surface area contributed by atoms with Crippen LogP contribution < -0.4 is 9.47 Å². The molecule has 1 unspecified atom stereocenters. The Hall–Kier alpha value is -1.91. The molecule has 0 radical (unpaired) electrons. The van der Waals surface area contributed by atoms with Crippen LogP contribution >= 0.6 is 0 Å². The Kier molecular flexibility index (Phi) is 3.43. The van der Waals surface area contributed by atoms with E-state index in [1.165, 1.54) is 12.8 Å². The molecule has 1 saturated carbocycles. The molecular weight excluding hydrogens is 270 g/mol. The lowest BCUT2D eigenvalue weighted by atomic mass is 9.95. The molecule has 1 aliphatic carbocycles. The van der Waals surface area contributed by atoms with E-state index in [0.29, 0.717) is 24.0 Å². The number of methoxy groups -OCH3 is 1. The fraction of sp³-hybridized carbons (Fsp3) is 0.562. The minimum Gasteiger partial charge on any atom is -0.493 e. The summed E-state index contributed by atoms with van der Waals surface area (Å²) < 4.78 is 16.7. The van der Waals surface area contributed by atoms with Crippen LogP contribution in [-0.4, -0.2) is 38.3 Å². The number of carbonyl (C=O) groups is 1. The Labute approximate surface area is 124 Å². The summed E-state index contributed by atoms with van der Waals surface area (Å²) in [6.45, 7) is 3.16. The summed E-state index contributed by atoms with van der Waals surface area (Å²) in [5, 5.41) is 0. The van der Waals surface area contributed by atoms with Gasteiger partial charge in [0.1, 0.15) is 0 Å². The molecule has 21 heavy (non-hydrogen) atoms. The highest BCUT2D eigenvalue weighted by molar-refractivity contribution is 5.70. The molecule has 1 amide bonds. The number of nitrogens with zero attached hydrogens (tertiary/aromatic N) is 1. The quantitative estimate of drug-likeness (QED) is 0.837. The maximum atomic E-state index is 11.6. The molecule has 5 nitrogen and oxygen atoms in total. The third kappa shape index (κ3) is 2.77. The number of amides is 1. The van der Waals surface area contributed by atoms with Gasteiger partial charge in [0.2, 0.25) is 0 Å². The minimum absolute atomic E-state index is 0.297. The van der Waals surface area contributed by atoms with Crippen LogP contribution in [-0.2, 0) is 10.3 Å². The molecule has 0 spiro atoms. The van der Waals surface area contributed by atoms with Crippen molar-refractivity contribution >= 4 is 6.09 Å². The second-order valence-electron chi connectivity index (χ2n) is 6.07. The molecule has 1 aromatic rings. The van der Waals surface area contributed by atoms with Gasteiger partial charge >= 0.3 is 6.09 Å². The van der Waals surface area contributed by atoms with Crippen LogP contribution in [0.5, 0.6) is 11.5 Å². The Bertz CT molecular complexity index is 555. The smallest absolute Gasteiger partial charge is 0.410 e. The monoisotopic (exact) mass is 291 g/mol. The maximum Gasteiger partial charge on any atom is 0.410 e. The molecular formula is C16H21NO4. The summed E-state index contributed by atoms with van der Waals surface area (Å²) in [5.41, 5.74) is 0.280. The number of benzene rings is 1. The van der Waals surface area contributed by atoms with Gasteiger partial charge in [-0.2, -0.15) is 0 Å². The summed E-state index contributed by atoms with van der Waals surface area (Å²) >= 11 is 0. The molecule has 1 aromatic carbocycles. The lowest BCUT2D eigenvalue weighted by Crippen LogP contribution is -2.27. The van der Waals surface area contributed by atoms with E-state index in [2.05, 4.69) is 0 Å². The number of hydrogen-bond acceptors (Lipinski definition) is 4. The number of rotatable bonds is 5. The van der Waals surface area contributed by atoms with Gasteiger partial charge in [0.05, 0.1) is 20.3 Å². The highest BCUT2D eigenvalue weighted by atomic mass is 16.6. The Balaban J connectivity index is 1.84. The zero-order chi connectivity index (χ0) is 15.0. The summed E-state index contributed by atoms with van der Waals surface area (Å²) in [7, 11) is 3.37. The van der Waals surface area contributed by atoms with Crippen LogP contribution in [0.25, 0.3) is 0 Å². The predicted molar refractivity (Wildman–Crippen MR) is 77.7 cm³/mol. The van der Waals surface area contributed by atoms with Crippen molar-refractivity contribution in [3.63, 3.8) is 0 Å². The number of likely N-dealkylation sites (N-methyl/N-ethyl adjacent to an activating group) is 1. The molecule has 1 atom stereocenters. The van der Waals surface area contributed by atoms with Crippen LogP contribution in [0.2, 0.25) is 0 Å². The third-order valence-corrected chi connectivity index (χ3v) is 4.11. The largest absolute Gasteiger partial charge is 0.493 e. The number of cyclic esters (lactones) is 1. The van der Waals surface area contributed by atoms with Crippen LogP contribution in [0.1, 0.15) is 25.3 Å². The highest BCUT2D eigenvalue weighted by Gasteiger charge is 2.41. The first-order valence-corrected chi connectivity index (χ1v) is 7.27. The molecule has 3 rings (SSSR count). The first-order valence-electron chi connectivity index (χ1n) is 7.27. The van der Waals surface area contributed by atoms with Gasteiger partial charge in [0.15, 0.2) is 17.1 Å². The molecule has 0 N–H and O–H groups in total. The van der Waals surface area contributed by atoms with Crippen molar-refractivity contribution in [1.29, 1.82) is 0 Å². The van der Waals surface area contributed by atoms with E-state index in [1.807, 2.05) is 25.1 Å². The second kappa shape index (κ2) is 5.13. The molecule has 0 aromatic heterocycles. The summed E-state index contributed by atoms with van der Waals surface area (Å²) in [6.07, 6.45) is 2.18. The lowest BCUT2D eigenvalue weighted by molar-refractivity contribution is 0.0698. The number of ether oxygens (including phenoxy) is 3. The van der Waals surface area contributed by atoms with Gasteiger partial charge in [-0.05, 0) is 37.8 Å². The number of carbonyl (C=O) groups excluding carboxylic acids is 1. The average Bonchev–Trinajstić information content (AvgIpc) is 3.24. The molecule has 5 heteroatoms. The van der Waals surface area contributed by atoms with E-state index < -0.39 is 5.60 Å². The van der Waals surface area contributed by atoms with Crippen molar-refractivity contribution in [2.75, 3.05) is 27.3 Å². The van der Waals surface area contributed by atoms with E-state index in [9.17, 15) is 4.79 Å². The van der Waals surface area contributed by atoms with Crippen molar-refractivity contribution in [2.45, 2.75) is 25.4 Å². The van der Waals surface area contributed by atoms with Crippen molar-refractivity contribution in [3.05, 3.63) is 23.8 Å². The minimum atomic E-state index is -0.643. The van der Waals surface area contributed by atoms with Crippen LogP contribution in [0.4, 0.5) is 4.79 Å². The van der Waals surface area contributed by atoms with Gasteiger partial charge in [0.25, 0.3) is 0 Å². The first kappa shape index (κ1) is 14.0. The summed E-state index contributed by atoms with van der Waals surface area (Å²) in [5.74, 6) is 2.10. The molecule has 1 saturated heterocycles. The van der Waals surface area contributed by atoms with Gasteiger partial charge < -0.3 is 19.1 Å². The predicted octanol–water partition coefficient (Wildman–Crippen LogP) is 2.78. The highest BCUT2D eigenvalue weighted by Crippen LogP contribution is 2.38. The topological polar surface area (TPSA) is 48.0 Å². The van der Waals surface area contributed by atoms with Gasteiger partial charge in [-0.3, -0.25) is 0 Å². The van der Waals surface area contributed by atoms with Gasteiger partial charge in [-0.1, -0.05) is 6.07 Å². The zero-order valence-electron chi connectivity index (χ0n) is 12.7. The molecule has 0 bridgehead atoms. The Morgan fingerprint density at radius 3 is 2.71 bits per heavy atom. The van der Waals surface area contributed by atoms with Crippen molar-refractivity contribution < 1.29 is 19.0 Å². The first-order chi connectivity index (χ1) is 10.0. The SMILES string of the molecule is COc1ccc(C2(C)CN(C)C(=O)O2)cc1OCC1CC1.